The van der Waals surface area contributed by atoms with Crippen molar-refractivity contribution in [1.29, 1.82) is 0 Å². The number of anilines is 1. The lowest BCUT2D eigenvalue weighted by molar-refractivity contribution is 0.309. The molecule has 0 saturated carbocycles. The summed E-state index contributed by atoms with van der Waals surface area (Å²) in [6, 6.07) is 19.5. The maximum atomic E-state index is 5.76. The Morgan fingerprint density at radius 1 is 1.04 bits per heavy atom. The van der Waals surface area contributed by atoms with Crippen molar-refractivity contribution in [3.63, 3.8) is 0 Å². The van der Waals surface area contributed by atoms with Gasteiger partial charge < -0.3 is 15.0 Å². The summed E-state index contributed by atoms with van der Waals surface area (Å²) in [5, 5.41) is 3.27. The molecule has 0 bridgehead atoms. The van der Waals surface area contributed by atoms with Crippen LogP contribution in [0.2, 0.25) is 0 Å². The standard InChI is InChI=1S/C21H30N2O/c1-4-5-17-24-20-13-11-19(12-14-20)23(3)21(15-16-22-2)18-9-7-6-8-10-18/h6-14,21-22H,4-5,15-17H2,1-3H3. The molecule has 1 unspecified atom stereocenters. The van der Waals surface area contributed by atoms with Gasteiger partial charge in [0.1, 0.15) is 5.75 Å². The molecule has 0 aliphatic heterocycles. The van der Waals surface area contributed by atoms with E-state index < -0.39 is 0 Å². The molecule has 0 amide bonds. The second-order valence-corrected chi connectivity index (χ2v) is 6.13. The van der Waals surface area contributed by atoms with Crippen molar-refractivity contribution in [2.75, 3.05) is 32.1 Å². The first-order chi connectivity index (χ1) is 11.8. The van der Waals surface area contributed by atoms with E-state index >= 15 is 0 Å². The molecule has 3 nitrogen and oxygen atoms in total. The molecule has 3 heteroatoms. The van der Waals surface area contributed by atoms with Crippen LogP contribution >= 0.6 is 0 Å². The van der Waals surface area contributed by atoms with Crippen molar-refractivity contribution < 1.29 is 4.74 Å². The normalized spacial score (nSPS) is 12.0. The maximum absolute atomic E-state index is 5.76. The topological polar surface area (TPSA) is 24.5 Å². The molecule has 1 N–H and O–H groups in total. The van der Waals surface area contributed by atoms with Crippen LogP contribution in [0.3, 0.4) is 0 Å². The van der Waals surface area contributed by atoms with Crippen molar-refractivity contribution in [1.82, 2.24) is 5.32 Å². The summed E-state index contributed by atoms with van der Waals surface area (Å²) in [6.45, 7) is 3.96. The third kappa shape index (κ3) is 5.27. The van der Waals surface area contributed by atoms with E-state index in [1.54, 1.807) is 0 Å². The maximum Gasteiger partial charge on any atom is 0.119 e. The van der Waals surface area contributed by atoms with Crippen molar-refractivity contribution in [3.8, 4) is 5.75 Å². The molecule has 24 heavy (non-hydrogen) atoms. The molecule has 0 heterocycles. The van der Waals surface area contributed by atoms with Crippen molar-refractivity contribution in [3.05, 3.63) is 60.2 Å². The van der Waals surface area contributed by atoms with Crippen LogP contribution < -0.4 is 15.0 Å². The van der Waals surface area contributed by atoms with E-state index in [9.17, 15) is 0 Å². The number of hydrogen-bond acceptors (Lipinski definition) is 3. The molecule has 0 aliphatic carbocycles. The summed E-state index contributed by atoms with van der Waals surface area (Å²) in [6.07, 6.45) is 3.32. The molecule has 0 fully saturated rings. The number of nitrogens with zero attached hydrogens (tertiary/aromatic N) is 1. The van der Waals surface area contributed by atoms with Crippen LogP contribution in [0.4, 0.5) is 5.69 Å². The highest BCUT2D eigenvalue weighted by Gasteiger charge is 2.17. The van der Waals surface area contributed by atoms with Crippen LogP contribution in [0, 0.1) is 0 Å². The average Bonchev–Trinajstić information content (AvgIpc) is 2.63. The molecule has 2 aromatic carbocycles. The zero-order valence-corrected chi connectivity index (χ0v) is 15.2. The van der Waals surface area contributed by atoms with E-state index in [-0.39, 0.29) is 0 Å². The Balaban J connectivity index is 2.09. The highest BCUT2D eigenvalue weighted by atomic mass is 16.5. The lowest BCUT2D eigenvalue weighted by atomic mass is 10.0. The quantitative estimate of drug-likeness (QED) is 0.643. The summed E-state index contributed by atoms with van der Waals surface area (Å²) in [4.78, 5) is 2.35. The van der Waals surface area contributed by atoms with E-state index in [1.165, 1.54) is 11.3 Å². The smallest absolute Gasteiger partial charge is 0.119 e. The molecule has 2 aromatic rings. The van der Waals surface area contributed by atoms with Gasteiger partial charge in [0.25, 0.3) is 0 Å². The second kappa shape index (κ2) is 9.99. The highest BCUT2D eigenvalue weighted by molar-refractivity contribution is 5.50. The molecular formula is C21H30N2O. The third-order valence-corrected chi connectivity index (χ3v) is 4.33. The summed E-state index contributed by atoms with van der Waals surface area (Å²) >= 11 is 0. The fraction of sp³-hybridized carbons (Fsp3) is 0.429. The molecule has 130 valence electrons. The monoisotopic (exact) mass is 326 g/mol. The third-order valence-electron chi connectivity index (χ3n) is 4.33. The van der Waals surface area contributed by atoms with Crippen molar-refractivity contribution in [2.45, 2.75) is 32.2 Å². The first-order valence-corrected chi connectivity index (χ1v) is 8.91. The molecule has 2 rings (SSSR count). The van der Waals surface area contributed by atoms with Crippen LogP contribution in [0.25, 0.3) is 0 Å². The zero-order valence-electron chi connectivity index (χ0n) is 15.2. The van der Waals surface area contributed by atoms with Gasteiger partial charge in [-0.05, 0) is 56.3 Å². The Morgan fingerprint density at radius 2 is 1.75 bits per heavy atom. The van der Waals surface area contributed by atoms with Crippen LogP contribution in [-0.4, -0.2) is 27.2 Å². The van der Waals surface area contributed by atoms with Gasteiger partial charge in [0, 0.05) is 12.7 Å². The number of rotatable bonds is 10. The SMILES string of the molecule is CCCCOc1ccc(N(C)C(CCNC)c2ccccc2)cc1. The van der Waals surface area contributed by atoms with Gasteiger partial charge in [-0.2, -0.15) is 0 Å². The molecule has 0 aliphatic rings. The van der Waals surface area contributed by atoms with Gasteiger partial charge in [-0.3, -0.25) is 0 Å². The van der Waals surface area contributed by atoms with Gasteiger partial charge in [-0.25, -0.2) is 0 Å². The molecular weight excluding hydrogens is 296 g/mol. The number of nitrogens with one attached hydrogen (secondary N) is 1. The van der Waals surface area contributed by atoms with E-state index in [0.29, 0.717) is 6.04 Å². The Labute approximate surface area is 146 Å². The molecule has 0 spiro atoms. The van der Waals surface area contributed by atoms with E-state index in [4.69, 9.17) is 4.74 Å². The lowest BCUT2D eigenvalue weighted by Gasteiger charge is -2.31. The van der Waals surface area contributed by atoms with Gasteiger partial charge in [0.15, 0.2) is 0 Å². The Morgan fingerprint density at radius 3 is 2.38 bits per heavy atom. The minimum Gasteiger partial charge on any atom is -0.494 e. The molecule has 1 atom stereocenters. The second-order valence-electron chi connectivity index (χ2n) is 6.13. The molecule has 0 aromatic heterocycles. The van der Waals surface area contributed by atoms with Gasteiger partial charge >= 0.3 is 0 Å². The van der Waals surface area contributed by atoms with Crippen molar-refractivity contribution >= 4 is 5.69 Å². The average molecular weight is 326 g/mol. The van der Waals surface area contributed by atoms with Gasteiger partial charge in [-0.1, -0.05) is 43.7 Å². The molecule has 0 radical (unpaired) electrons. The minimum absolute atomic E-state index is 0.352. The minimum atomic E-state index is 0.352. The van der Waals surface area contributed by atoms with E-state index in [2.05, 4.69) is 78.8 Å². The fourth-order valence-corrected chi connectivity index (χ4v) is 2.83. The molecule has 0 saturated heterocycles. The lowest BCUT2D eigenvalue weighted by Crippen LogP contribution is -2.27. The van der Waals surface area contributed by atoms with E-state index in [1.807, 2.05) is 7.05 Å². The van der Waals surface area contributed by atoms with Gasteiger partial charge in [0.05, 0.1) is 12.6 Å². The van der Waals surface area contributed by atoms with Crippen LogP contribution in [0.15, 0.2) is 54.6 Å². The van der Waals surface area contributed by atoms with Gasteiger partial charge in [-0.15, -0.1) is 0 Å². The van der Waals surface area contributed by atoms with Crippen molar-refractivity contribution in [2.24, 2.45) is 0 Å². The number of unbranched alkanes of at least 4 members (excludes halogenated alkanes) is 1. The predicted octanol–water partition coefficient (Wildman–Crippen LogP) is 4.65. The Kier molecular flexibility index (Phi) is 7.63. The van der Waals surface area contributed by atoms with Crippen LogP contribution in [0.1, 0.15) is 37.8 Å². The Hall–Kier alpha value is -2.00. The Bertz CT molecular complexity index is 568. The summed E-state index contributed by atoms with van der Waals surface area (Å²) < 4.78 is 5.76. The number of ether oxygens (including phenoxy) is 1. The highest BCUT2D eigenvalue weighted by Crippen LogP contribution is 2.29. The predicted molar refractivity (Wildman–Crippen MR) is 103 cm³/mol. The summed E-state index contributed by atoms with van der Waals surface area (Å²) in [5.41, 5.74) is 2.56. The van der Waals surface area contributed by atoms with Gasteiger partial charge in [0.2, 0.25) is 0 Å². The van der Waals surface area contributed by atoms with Crippen LogP contribution in [-0.2, 0) is 0 Å². The largest absolute Gasteiger partial charge is 0.494 e. The summed E-state index contributed by atoms with van der Waals surface area (Å²) in [7, 11) is 4.17. The summed E-state index contributed by atoms with van der Waals surface area (Å²) in [5.74, 6) is 0.951. The van der Waals surface area contributed by atoms with Crippen LogP contribution in [0.5, 0.6) is 5.75 Å². The first-order valence-electron chi connectivity index (χ1n) is 8.91. The fourth-order valence-electron chi connectivity index (χ4n) is 2.83. The first kappa shape index (κ1) is 18.3. The number of benzene rings is 2. The zero-order chi connectivity index (χ0) is 17.2. The number of hydrogen-bond donors (Lipinski definition) is 1. The van der Waals surface area contributed by atoms with E-state index in [0.717, 1.165) is 38.2 Å².